The monoisotopic (exact) mass is 971 g/mol. The maximum atomic E-state index is 6.59. The van der Waals surface area contributed by atoms with Gasteiger partial charge in [-0.25, -0.2) is 0 Å². The fraction of sp³-hybridized carbons (Fsp3) is 0.733. The molecule has 70 heavy (non-hydrogen) atoms. The lowest BCUT2D eigenvalue weighted by Gasteiger charge is -2.56. The van der Waals surface area contributed by atoms with Crippen molar-refractivity contribution in [1.82, 2.24) is 11.0 Å². The minimum absolute atomic E-state index is 0.264. The van der Waals surface area contributed by atoms with Gasteiger partial charge in [0.25, 0.3) is 0 Å². The second-order valence-electron chi connectivity index (χ2n) is 22.7. The van der Waals surface area contributed by atoms with Gasteiger partial charge in [0, 0.05) is 48.4 Å². The van der Waals surface area contributed by atoms with E-state index in [9.17, 15) is 0 Å². The zero-order chi connectivity index (χ0) is 50.8. The number of hydroxylamine groups is 2. The Bertz CT molecular complexity index is 1820. The highest BCUT2D eigenvalue weighted by atomic mass is 16.6. The van der Waals surface area contributed by atoms with Gasteiger partial charge >= 0.3 is 0 Å². The van der Waals surface area contributed by atoms with E-state index < -0.39 is 0 Å². The topological polar surface area (TPSA) is 171 Å². The summed E-state index contributed by atoms with van der Waals surface area (Å²) < 4.78 is 0. The van der Waals surface area contributed by atoms with Gasteiger partial charge in [0.15, 0.2) is 0 Å². The van der Waals surface area contributed by atoms with Crippen LogP contribution in [0.25, 0.3) is 12.2 Å². The molecule has 0 aromatic heterocycles. The molecule has 2 aromatic rings. The molecule has 2 aliphatic carbocycles. The fourth-order valence-corrected chi connectivity index (χ4v) is 12.0. The van der Waals surface area contributed by atoms with Gasteiger partial charge in [-0.05, 0) is 164 Å². The number of nitrogens with two attached hydrogens (primary N) is 4. The number of hydrogen-bond donors (Lipinski definition) is 8. The summed E-state index contributed by atoms with van der Waals surface area (Å²) in [6, 6.07) is 8.72. The molecule has 0 radical (unpaired) electrons. The number of hydrogen-bond acceptors (Lipinski definition) is 10. The molecule has 2 aromatic carbocycles. The van der Waals surface area contributed by atoms with Gasteiger partial charge < -0.3 is 43.2 Å². The predicted molar refractivity (Wildman–Crippen MR) is 305 cm³/mol. The van der Waals surface area contributed by atoms with Gasteiger partial charge in [-0.2, -0.15) is 11.0 Å². The zero-order valence-electron chi connectivity index (χ0n) is 46.1. The maximum absolute atomic E-state index is 6.59. The van der Waals surface area contributed by atoms with Crippen molar-refractivity contribution in [2.75, 3.05) is 48.3 Å². The van der Waals surface area contributed by atoms with E-state index in [2.05, 4.69) is 69.2 Å². The van der Waals surface area contributed by atoms with Crippen LogP contribution in [0.3, 0.4) is 0 Å². The highest BCUT2D eigenvalue weighted by molar-refractivity contribution is 5.80. The minimum atomic E-state index is 0.264. The van der Waals surface area contributed by atoms with E-state index >= 15 is 0 Å². The van der Waals surface area contributed by atoms with Crippen LogP contribution in [0.5, 0.6) is 11.5 Å². The van der Waals surface area contributed by atoms with E-state index in [4.69, 9.17) is 32.6 Å². The quantitative estimate of drug-likeness (QED) is 0.0183. The van der Waals surface area contributed by atoms with Crippen molar-refractivity contribution in [2.24, 2.45) is 39.5 Å². The Morgan fingerprint density at radius 3 is 1.63 bits per heavy atom. The first-order valence-electron chi connectivity index (χ1n) is 28.7. The highest BCUT2D eigenvalue weighted by Crippen LogP contribution is 2.74. The molecule has 0 aliphatic heterocycles. The summed E-state index contributed by atoms with van der Waals surface area (Å²) in [6.45, 7) is 21.1. The third-order valence-electron chi connectivity index (χ3n) is 16.4. The Labute approximate surface area is 428 Å². The summed E-state index contributed by atoms with van der Waals surface area (Å²) in [5.74, 6) is 3.13. The molecule has 0 bridgehead atoms. The van der Waals surface area contributed by atoms with Crippen molar-refractivity contribution in [3.63, 3.8) is 0 Å². The van der Waals surface area contributed by atoms with Crippen LogP contribution in [0, 0.1) is 28.1 Å². The molecule has 0 heterocycles. The maximum Gasteiger partial charge on any atom is 0.149 e. The molecule has 4 rings (SSSR count). The normalized spacial score (nSPS) is 21.0. The van der Waals surface area contributed by atoms with E-state index in [-0.39, 0.29) is 11.5 Å². The molecule has 10 heteroatoms. The molecule has 4 unspecified atom stereocenters. The zero-order valence-corrected chi connectivity index (χ0v) is 46.1. The molecule has 398 valence electrons. The van der Waals surface area contributed by atoms with Crippen LogP contribution < -0.4 is 54.2 Å². The molecular formula is C60H106N8O2. The van der Waals surface area contributed by atoms with Crippen molar-refractivity contribution in [2.45, 2.75) is 228 Å². The number of anilines is 4. The van der Waals surface area contributed by atoms with Gasteiger partial charge in [-0.15, -0.1) is 0 Å². The molecule has 10 nitrogen and oxygen atoms in total. The second kappa shape index (κ2) is 31.2. The molecule has 0 spiro atoms. The van der Waals surface area contributed by atoms with E-state index in [1.807, 2.05) is 56.3 Å². The van der Waals surface area contributed by atoms with Crippen LogP contribution in [-0.2, 0) is 0 Å². The van der Waals surface area contributed by atoms with E-state index in [1.165, 1.54) is 116 Å². The Balaban J connectivity index is 1.33. The number of nitrogens with one attached hydrogen (secondary N) is 4. The molecule has 2 fully saturated rings. The Morgan fingerprint density at radius 2 is 1.11 bits per heavy atom. The van der Waals surface area contributed by atoms with E-state index in [1.54, 1.807) is 0 Å². The van der Waals surface area contributed by atoms with Crippen LogP contribution in [-0.4, -0.2) is 38.3 Å². The van der Waals surface area contributed by atoms with Crippen molar-refractivity contribution in [1.29, 1.82) is 0 Å². The number of rotatable bonds is 40. The first-order valence-corrected chi connectivity index (χ1v) is 28.7. The minimum Gasteiger partial charge on any atom is -0.409 e. The summed E-state index contributed by atoms with van der Waals surface area (Å²) in [5, 5.41) is 7.20. The van der Waals surface area contributed by atoms with Gasteiger partial charge in [0.05, 0.1) is 22.7 Å². The van der Waals surface area contributed by atoms with Gasteiger partial charge in [0.1, 0.15) is 11.5 Å². The summed E-state index contributed by atoms with van der Waals surface area (Å²) in [7, 11) is 0. The average molecular weight is 972 g/mol. The van der Waals surface area contributed by atoms with Crippen LogP contribution in [0.4, 0.5) is 22.7 Å². The second-order valence-corrected chi connectivity index (χ2v) is 22.7. The first-order chi connectivity index (χ1) is 33.8. The fourth-order valence-electron chi connectivity index (χ4n) is 12.0. The van der Waals surface area contributed by atoms with Crippen LogP contribution in [0.2, 0.25) is 0 Å². The van der Waals surface area contributed by atoms with Crippen LogP contribution in [0.15, 0.2) is 36.4 Å². The molecule has 2 saturated carbocycles. The van der Waals surface area contributed by atoms with Crippen molar-refractivity contribution < 1.29 is 9.68 Å². The Kier molecular flexibility index (Phi) is 26.4. The van der Waals surface area contributed by atoms with E-state index in [0.717, 1.165) is 122 Å². The summed E-state index contributed by atoms with van der Waals surface area (Å²) >= 11 is 0. The van der Waals surface area contributed by atoms with Crippen LogP contribution in [0.1, 0.15) is 227 Å². The first kappa shape index (κ1) is 59.1. The van der Waals surface area contributed by atoms with Crippen molar-refractivity contribution in [3.05, 3.63) is 47.5 Å². The van der Waals surface area contributed by atoms with Crippen LogP contribution >= 0.6 is 0 Å². The Hall–Kier alpha value is -3.44. The lowest BCUT2D eigenvalue weighted by Crippen LogP contribution is -2.47. The average Bonchev–Trinajstić information content (AvgIpc) is 4.03. The number of nitrogen functional groups attached to an aromatic ring is 2. The SMILES string of the molecule is CC=Cc1cc(ONCCCCC2(CCCCCCCCCCCC)CC2C2(CCCN)CC(C(C)(C)CCCNOc3cc(C=CC)c(N)c(NC(C)CCCN)c3)C2)cc(NC(C)CCC)c1N. The molecule has 4 atom stereocenters. The standard InChI is InChI=1S/C60H106N8O2/c1-9-13-14-15-16-17-18-19-20-21-32-59(33-22-23-37-65-69-51-39-48(28-11-3)56(63)53(41-51)67-46(5)27-10-2)45-55(59)60(34-25-36-62)43-50(44-60)58(7,8)31-26-38-66-70-52-40-49(29-12-4)57(64)54(42-52)68-47(6)30-24-35-61/h11-12,28-29,39-42,46-47,50,55,65-68H,9-10,13-27,30-38,43-45,61-64H2,1-8H3. The molecular weight excluding hydrogens is 865 g/mol. The van der Waals surface area contributed by atoms with Gasteiger partial charge in [-0.1, -0.05) is 129 Å². The number of allylic oxidation sites excluding steroid dienone is 2. The van der Waals surface area contributed by atoms with Gasteiger partial charge in [-0.3, -0.25) is 0 Å². The van der Waals surface area contributed by atoms with Gasteiger partial charge in [0.2, 0.25) is 0 Å². The van der Waals surface area contributed by atoms with Crippen molar-refractivity contribution in [3.8, 4) is 11.5 Å². The lowest BCUT2D eigenvalue weighted by atomic mass is 9.49. The summed E-state index contributed by atoms with van der Waals surface area (Å²) in [5.41, 5.74) is 38.3. The largest absolute Gasteiger partial charge is 0.409 e. The highest BCUT2D eigenvalue weighted by Gasteiger charge is 2.65. The Morgan fingerprint density at radius 1 is 0.614 bits per heavy atom. The van der Waals surface area contributed by atoms with E-state index in [0.29, 0.717) is 23.4 Å². The third kappa shape index (κ3) is 18.9. The number of benzene rings is 2. The summed E-state index contributed by atoms with van der Waals surface area (Å²) in [6.07, 6.45) is 40.1. The molecule has 0 saturated heterocycles. The predicted octanol–water partition coefficient (Wildman–Crippen LogP) is 15.0. The summed E-state index contributed by atoms with van der Waals surface area (Å²) in [4.78, 5) is 12.4. The smallest absolute Gasteiger partial charge is 0.149 e. The molecule has 12 N–H and O–H groups in total. The third-order valence-corrected chi connectivity index (χ3v) is 16.4. The lowest BCUT2D eigenvalue weighted by molar-refractivity contribution is -0.0592. The molecule has 2 aliphatic rings. The van der Waals surface area contributed by atoms with Crippen molar-refractivity contribution >= 4 is 34.9 Å². The molecule has 0 amide bonds. The number of unbranched alkanes of at least 4 members (excludes halogenated alkanes) is 10.